The largest absolute Gasteiger partial charge is 0.478 e. The predicted molar refractivity (Wildman–Crippen MR) is 72.5 cm³/mol. The van der Waals surface area contributed by atoms with E-state index in [9.17, 15) is 14.7 Å². The fourth-order valence-corrected chi connectivity index (χ4v) is 2.69. The number of anilines is 1. The number of carbonyl (C=O) groups is 2. The van der Waals surface area contributed by atoms with Crippen LogP contribution in [0.1, 0.15) is 23.2 Å². The Bertz CT molecular complexity index is 511. The summed E-state index contributed by atoms with van der Waals surface area (Å²) in [5, 5.41) is 9.62. The van der Waals surface area contributed by atoms with Gasteiger partial charge in [0.25, 0.3) is 0 Å². The van der Waals surface area contributed by atoms with Crippen molar-refractivity contribution in [3.8, 4) is 0 Å². The molecule has 6 heteroatoms. The van der Waals surface area contributed by atoms with E-state index >= 15 is 0 Å². The average Bonchev–Trinajstić information content (AvgIpc) is 2.38. The van der Waals surface area contributed by atoms with Crippen molar-refractivity contribution in [1.29, 1.82) is 0 Å². The number of carbonyl (C=O) groups excluding carboxylic acids is 1. The molecule has 1 heterocycles. The Balaban J connectivity index is 2.24. The third kappa shape index (κ3) is 2.81. The van der Waals surface area contributed by atoms with E-state index in [1.807, 2.05) is 4.90 Å². The lowest BCUT2D eigenvalue weighted by Gasteiger charge is -2.33. The average molecular weight is 283 g/mol. The number of primary amides is 1. The van der Waals surface area contributed by atoms with Gasteiger partial charge in [-0.3, -0.25) is 4.79 Å². The Kier molecular flexibility index (Phi) is 3.95. The van der Waals surface area contributed by atoms with E-state index in [1.165, 1.54) is 6.07 Å². The van der Waals surface area contributed by atoms with Gasteiger partial charge in [0.15, 0.2) is 0 Å². The van der Waals surface area contributed by atoms with Gasteiger partial charge >= 0.3 is 5.97 Å². The standard InChI is InChI=1S/C13H15ClN2O3/c14-10-3-1-2-9(13(18)19)11(10)16-6-4-8(5-7-16)12(15)17/h1-3,8H,4-7H2,(H2,15,17)(H,18,19). The number of benzene rings is 1. The van der Waals surface area contributed by atoms with Crippen LogP contribution in [0.3, 0.4) is 0 Å². The maximum atomic E-state index is 11.2. The van der Waals surface area contributed by atoms with E-state index < -0.39 is 5.97 Å². The van der Waals surface area contributed by atoms with Gasteiger partial charge in [-0.25, -0.2) is 4.79 Å². The molecular formula is C13H15ClN2O3. The maximum Gasteiger partial charge on any atom is 0.337 e. The number of aromatic carboxylic acids is 1. The summed E-state index contributed by atoms with van der Waals surface area (Å²) in [5.41, 5.74) is 5.99. The fraction of sp³-hybridized carbons (Fsp3) is 0.385. The van der Waals surface area contributed by atoms with Gasteiger partial charge in [-0.1, -0.05) is 17.7 Å². The minimum absolute atomic E-state index is 0.132. The normalized spacial score (nSPS) is 16.4. The Hall–Kier alpha value is -1.75. The zero-order valence-electron chi connectivity index (χ0n) is 10.3. The van der Waals surface area contributed by atoms with E-state index in [4.69, 9.17) is 17.3 Å². The van der Waals surface area contributed by atoms with Gasteiger partial charge in [0.05, 0.1) is 16.3 Å². The number of carboxylic acids is 1. The Morgan fingerprint density at radius 2 is 1.95 bits per heavy atom. The first-order chi connectivity index (χ1) is 9.00. The molecule has 5 nitrogen and oxygen atoms in total. The van der Waals surface area contributed by atoms with Crippen LogP contribution in [0.4, 0.5) is 5.69 Å². The fourth-order valence-electron chi connectivity index (χ4n) is 2.40. The van der Waals surface area contributed by atoms with Gasteiger partial charge in [-0.2, -0.15) is 0 Å². The molecule has 0 aliphatic carbocycles. The van der Waals surface area contributed by atoms with Gasteiger partial charge < -0.3 is 15.7 Å². The third-order valence-corrected chi connectivity index (χ3v) is 3.74. The van der Waals surface area contributed by atoms with Crippen LogP contribution in [0, 0.1) is 5.92 Å². The first kappa shape index (κ1) is 13.7. The maximum absolute atomic E-state index is 11.2. The molecule has 0 radical (unpaired) electrons. The summed E-state index contributed by atoms with van der Waals surface area (Å²) >= 11 is 6.11. The molecule has 0 saturated carbocycles. The Morgan fingerprint density at radius 3 is 2.47 bits per heavy atom. The van der Waals surface area contributed by atoms with Crippen LogP contribution in [0.5, 0.6) is 0 Å². The zero-order valence-corrected chi connectivity index (χ0v) is 11.1. The van der Waals surface area contributed by atoms with Crippen molar-refractivity contribution in [2.45, 2.75) is 12.8 Å². The second-order valence-electron chi connectivity index (χ2n) is 4.60. The van der Waals surface area contributed by atoms with Crippen molar-refractivity contribution < 1.29 is 14.7 Å². The molecule has 3 N–H and O–H groups in total. The second kappa shape index (κ2) is 5.48. The summed E-state index contributed by atoms with van der Waals surface area (Å²) in [7, 11) is 0. The summed E-state index contributed by atoms with van der Waals surface area (Å²) in [6.45, 7) is 1.16. The molecular weight excluding hydrogens is 268 g/mol. The SMILES string of the molecule is NC(=O)C1CCN(c2c(Cl)cccc2C(=O)O)CC1. The van der Waals surface area contributed by atoms with Crippen molar-refractivity contribution in [3.63, 3.8) is 0 Å². The number of carboxylic acid groups (broad SMARTS) is 1. The number of para-hydroxylation sites is 1. The minimum Gasteiger partial charge on any atom is -0.478 e. The van der Waals surface area contributed by atoms with Crippen LogP contribution >= 0.6 is 11.6 Å². The van der Waals surface area contributed by atoms with Gasteiger partial charge in [-0.05, 0) is 25.0 Å². The van der Waals surface area contributed by atoms with Crippen LogP contribution < -0.4 is 10.6 Å². The van der Waals surface area contributed by atoms with E-state index in [0.717, 1.165) is 0 Å². The lowest BCUT2D eigenvalue weighted by Crippen LogP contribution is -2.39. The monoisotopic (exact) mass is 282 g/mol. The molecule has 1 aliphatic rings. The van der Waals surface area contributed by atoms with Gasteiger partial charge in [-0.15, -0.1) is 0 Å². The highest BCUT2D eigenvalue weighted by Crippen LogP contribution is 2.33. The summed E-state index contributed by atoms with van der Waals surface area (Å²) < 4.78 is 0. The number of rotatable bonds is 3. The number of nitrogens with zero attached hydrogens (tertiary/aromatic N) is 1. The molecule has 19 heavy (non-hydrogen) atoms. The van der Waals surface area contributed by atoms with E-state index in [1.54, 1.807) is 12.1 Å². The van der Waals surface area contributed by atoms with Crippen molar-refractivity contribution in [2.24, 2.45) is 11.7 Å². The van der Waals surface area contributed by atoms with Crippen molar-refractivity contribution in [1.82, 2.24) is 0 Å². The summed E-state index contributed by atoms with van der Waals surface area (Å²) in [4.78, 5) is 24.3. The first-order valence-corrected chi connectivity index (χ1v) is 6.44. The van der Waals surface area contributed by atoms with Crippen LogP contribution in [0.25, 0.3) is 0 Å². The lowest BCUT2D eigenvalue weighted by molar-refractivity contribution is -0.122. The van der Waals surface area contributed by atoms with Crippen LogP contribution in [0.2, 0.25) is 5.02 Å². The van der Waals surface area contributed by atoms with Crippen molar-refractivity contribution in [3.05, 3.63) is 28.8 Å². The molecule has 102 valence electrons. The Labute approximate surface area is 116 Å². The summed E-state index contributed by atoms with van der Waals surface area (Å²) in [6, 6.07) is 4.82. The molecule has 2 rings (SSSR count). The number of amides is 1. The van der Waals surface area contributed by atoms with E-state index in [2.05, 4.69) is 0 Å². The molecule has 0 spiro atoms. The highest BCUT2D eigenvalue weighted by Gasteiger charge is 2.26. The van der Waals surface area contributed by atoms with Crippen molar-refractivity contribution >= 4 is 29.2 Å². The molecule has 0 unspecified atom stereocenters. The molecule has 1 aromatic carbocycles. The second-order valence-corrected chi connectivity index (χ2v) is 5.01. The molecule has 1 amide bonds. The van der Waals surface area contributed by atoms with Crippen LogP contribution in [-0.2, 0) is 4.79 Å². The van der Waals surface area contributed by atoms with Gasteiger partial charge in [0, 0.05) is 19.0 Å². The number of piperidine rings is 1. The number of nitrogens with two attached hydrogens (primary N) is 1. The topological polar surface area (TPSA) is 83.6 Å². The number of hydrogen-bond acceptors (Lipinski definition) is 3. The summed E-state index contributed by atoms with van der Waals surface area (Å²) in [6.07, 6.45) is 1.25. The van der Waals surface area contributed by atoms with Gasteiger partial charge in [0.2, 0.25) is 5.91 Å². The first-order valence-electron chi connectivity index (χ1n) is 6.06. The van der Waals surface area contributed by atoms with E-state index in [-0.39, 0.29) is 17.4 Å². The van der Waals surface area contributed by atoms with Crippen molar-refractivity contribution in [2.75, 3.05) is 18.0 Å². The molecule has 1 aliphatic heterocycles. The Morgan fingerprint density at radius 1 is 1.32 bits per heavy atom. The number of halogens is 1. The highest BCUT2D eigenvalue weighted by molar-refractivity contribution is 6.34. The molecule has 0 atom stereocenters. The third-order valence-electron chi connectivity index (χ3n) is 3.43. The summed E-state index contributed by atoms with van der Waals surface area (Å²) in [5.74, 6) is -1.43. The van der Waals surface area contributed by atoms with Gasteiger partial charge in [0.1, 0.15) is 0 Å². The quantitative estimate of drug-likeness (QED) is 0.884. The molecule has 0 bridgehead atoms. The number of hydrogen-bond donors (Lipinski definition) is 2. The lowest BCUT2D eigenvalue weighted by atomic mass is 9.95. The molecule has 1 saturated heterocycles. The predicted octanol–water partition coefficient (Wildman–Crippen LogP) is 1.74. The highest BCUT2D eigenvalue weighted by atomic mass is 35.5. The van der Waals surface area contributed by atoms with Crippen LogP contribution in [0.15, 0.2) is 18.2 Å². The smallest absolute Gasteiger partial charge is 0.337 e. The molecule has 0 aromatic heterocycles. The molecule has 1 fully saturated rings. The van der Waals surface area contributed by atoms with E-state index in [0.29, 0.717) is 36.6 Å². The van der Waals surface area contributed by atoms with Crippen LogP contribution in [-0.4, -0.2) is 30.1 Å². The zero-order chi connectivity index (χ0) is 14.0. The minimum atomic E-state index is -1.01. The molecule has 1 aromatic rings.